The standard InChI is InChI=1S/C10H13N3O7P2/c14-10(21(15,16)17,22(18,19)20)6-13-3-1-2-8(5-13)9-4-11-7-12-9/h1-5,7,14H,6H2,(H4-,11,12,15,16,17,18,19,20). The van der Waals surface area contributed by atoms with Crippen LogP contribution in [-0.4, -0.2) is 34.8 Å². The molecule has 2 aromatic rings. The predicted molar refractivity (Wildman–Crippen MR) is 71.0 cm³/mol. The van der Waals surface area contributed by atoms with Gasteiger partial charge in [0.2, 0.25) is 0 Å². The Morgan fingerprint density at radius 2 is 2.05 bits per heavy atom. The molecule has 12 heteroatoms. The minimum absolute atomic E-state index is 0.534. The Bertz CT molecular complexity index is 730. The molecule has 2 rings (SSSR count). The van der Waals surface area contributed by atoms with E-state index in [0.29, 0.717) is 11.3 Å². The Kier molecular flexibility index (Phi) is 4.38. The molecule has 2 aromatic heterocycles. The minimum Gasteiger partial charge on any atom is -0.776 e. The Hall–Kier alpha value is -1.38. The molecule has 22 heavy (non-hydrogen) atoms. The first kappa shape index (κ1) is 17.0. The predicted octanol–water partition coefficient (Wildman–Crippen LogP) is -1.27. The van der Waals surface area contributed by atoms with Gasteiger partial charge in [-0.15, -0.1) is 0 Å². The molecule has 120 valence electrons. The maximum Gasteiger partial charge on any atom is 0.372 e. The molecule has 0 saturated carbocycles. The second-order valence-corrected chi connectivity index (χ2v) is 8.53. The molecule has 0 spiro atoms. The van der Waals surface area contributed by atoms with Crippen LogP contribution in [0.15, 0.2) is 37.1 Å². The van der Waals surface area contributed by atoms with E-state index in [9.17, 15) is 19.1 Å². The number of aliphatic hydroxyl groups is 1. The second-order valence-electron chi connectivity index (χ2n) is 4.57. The molecule has 0 aliphatic carbocycles. The van der Waals surface area contributed by atoms with Crippen molar-refractivity contribution >= 4 is 15.2 Å². The van der Waals surface area contributed by atoms with Gasteiger partial charge in [-0.25, -0.2) is 9.55 Å². The molecule has 0 fully saturated rings. The molecule has 0 aliphatic heterocycles. The molecule has 0 saturated heterocycles. The average Bonchev–Trinajstić information content (AvgIpc) is 2.90. The van der Waals surface area contributed by atoms with Crippen LogP contribution in [0.1, 0.15) is 0 Å². The lowest BCUT2D eigenvalue weighted by Crippen LogP contribution is -2.49. The van der Waals surface area contributed by atoms with Gasteiger partial charge in [0, 0.05) is 6.07 Å². The van der Waals surface area contributed by atoms with Crippen LogP contribution < -0.4 is 9.46 Å². The lowest BCUT2D eigenvalue weighted by atomic mass is 10.2. The molecule has 0 aromatic carbocycles. The first-order chi connectivity index (χ1) is 10.0. The van der Waals surface area contributed by atoms with Gasteiger partial charge in [0.15, 0.2) is 26.5 Å². The zero-order valence-corrected chi connectivity index (χ0v) is 12.8. The molecule has 5 N–H and O–H groups in total. The summed E-state index contributed by atoms with van der Waals surface area (Å²) in [6, 6.07) is 3.11. The number of aromatic amines is 1. The Labute approximate surface area is 124 Å². The van der Waals surface area contributed by atoms with Crippen LogP contribution in [0.2, 0.25) is 0 Å². The van der Waals surface area contributed by atoms with Crippen molar-refractivity contribution in [3.63, 3.8) is 0 Å². The van der Waals surface area contributed by atoms with Crippen molar-refractivity contribution in [1.82, 2.24) is 9.97 Å². The minimum atomic E-state index is -5.75. The van der Waals surface area contributed by atoms with Gasteiger partial charge in [0.25, 0.3) is 5.08 Å². The number of nitrogens with zero attached hydrogens (tertiary/aromatic N) is 2. The third kappa shape index (κ3) is 3.18. The molecule has 2 atom stereocenters. The van der Waals surface area contributed by atoms with Crippen LogP contribution in [0.5, 0.6) is 0 Å². The van der Waals surface area contributed by atoms with E-state index in [-0.39, 0.29) is 0 Å². The lowest BCUT2D eigenvalue weighted by Gasteiger charge is -2.33. The van der Waals surface area contributed by atoms with E-state index in [4.69, 9.17) is 14.7 Å². The summed E-state index contributed by atoms with van der Waals surface area (Å²) in [5.41, 5.74) is 1.11. The summed E-state index contributed by atoms with van der Waals surface area (Å²) in [5, 5.41) is 6.22. The highest BCUT2D eigenvalue weighted by Gasteiger charge is 2.57. The van der Waals surface area contributed by atoms with Crippen molar-refractivity contribution in [2.24, 2.45) is 0 Å². The number of nitrogens with one attached hydrogen (secondary N) is 1. The van der Waals surface area contributed by atoms with Gasteiger partial charge in [-0.05, 0) is 6.07 Å². The van der Waals surface area contributed by atoms with Gasteiger partial charge in [-0.3, -0.25) is 4.57 Å². The summed E-state index contributed by atoms with van der Waals surface area (Å²) in [6.07, 6.45) is 5.53. The smallest absolute Gasteiger partial charge is 0.372 e. The van der Waals surface area contributed by atoms with Gasteiger partial charge in [0.1, 0.15) is 0 Å². The van der Waals surface area contributed by atoms with Crippen LogP contribution >= 0.6 is 15.2 Å². The number of rotatable bonds is 5. The van der Waals surface area contributed by atoms with Crippen LogP contribution in [0.3, 0.4) is 0 Å². The van der Waals surface area contributed by atoms with Crippen molar-refractivity contribution in [1.29, 1.82) is 0 Å². The molecule has 0 aliphatic rings. The summed E-state index contributed by atoms with van der Waals surface area (Å²) in [7, 11) is -11.3. The third-order valence-electron chi connectivity index (χ3n) is 2.98. The highest BCUT2D eigenvalue weighted by atomic mass is 31.2. The van der Waals surface area contributed by atoms with Gasteiger partial charge < -0.3 is 34.2 Å². The molecule has 0 radical (unpaired) electrons. The van der Waals surface area contributed by atoms with Crippen molar-refractivity contribution in [3.05, 3.63) is 37.1 Å². The Balaban J connectivity index is 2.43. The van der Waals surface area contributed by atoms with Crippen LogP contribution in [0, 0.1) is 0 Å². The summed E-state index contributed by atoms with van der Waals surface area (Å²) >= 11 is 0. The Morgan fingerprint density at radius 1 is 1.36 bits per heavy atom. The molecule has 2 unspecified atom stereocenters. The van der Waals surface area contributed by atoms with Crippen LogP contribution in [0.25, 0.3) is 11.3 Å². The Morgan fingerprint density at radius 3 is 2.55 bits per heavy atom. The van der Waals surface area contributed by atoms with Gasteiger partial charge >= 0.3 is 7.60 Å². The maximum atomic E-state index is 11.3. The summed E-state index contributed by atoms with van der Waals surface area (Å²) in [6.45, 7) is -1.05. The molecular weight excluding hydrogens is 336 g/mol. The van der Waals surface area contributed by atoms with Crippen molar-refractivity contribution in [2.75, 3.05) is 0 Å². The third-order valence-corrected chi connectivity index (χ3v) is 6.64. The zero-order chi connectivity index (χ0) is 16.6. The molecule has 0 amide bonds. The summed E-state index contributed by atoms with van der Waals surface area (Å²) in [4.78, 5) is 45.0. The topological polar surface area (TPSA) is 171 Å². The summed E-state index contributed by atoms with van der Waals surface area (Å²) in [5.74, 6) is 0. The quantitative estimate of drug-likeness (QED) is 0.328. The van der Waals surface area contributed by atoms with E-state index in [1.807, 2.05) is 0 Å². The largest absolute Gasteiger partial charge is 0.776 e. The van der Waals surface area contributed by atoms with E-state index in [2.05, 4.69) is 9.97 Å². The number of hydrogen-bond donors (Lipinski definition) is 5. The normalized spacial score (nSPS) is 17.7. The highest BCUT2D eigenvalue weighted by Crippen LogP contribution is 2.65. The number of pyridine rings is 1. The van der Waals surface area contributed by atoms with Crippen molar-refractivity contribution < 1.29 is 38.4 Å². The fourth-order valence-corrected chi connectivity index (χ4v) is 3.79. The maximum absolute atomic E-state index is 11.3. The monoisotopic (exact) mass is 349 g/mol. The number of H-pyrrole nitrogens is 1. The molecule has 2 heterocycles. The van der Waals surface area contributed by atoms with E-state index in [1.165, 1.54) is 31.0 Å². The van der Waals surface area contributed by atoms with Gasteiger partial charge in [-0.1, -0.05) is 0 Å². The average molecular weight is 349 g/mol. The molecular formula is C10H13N3O7P2. The number of imidazole rings is 1. The first-order valence-corrected chi connectivity index (χ1v) is 9.03. The highest BCUT2D eigenvalue weighted by molar-refractivity contribution is 7.71. The van der Waals surface area contributed by atoms with E-state index >= 15 is 0 Å². The second kappa shape index (κ2) is 5.68. The van der Waals surface area contributed by atoms with Crippen molar-refractivity contribution in [3.8, 4) is 11.3 Å². The van der Waals surface area contributed by atoms with E-state index < -0.39 is 26.8 Å². The van der Waals surface area contributed by atoms with Crippen LogP contribution in [0.4, 0.5) is 0 Å². The van der Waals surface area contributed by atoms with Gasteiger partial charge in [-0.2, -0.15) is 0 Å². The summed E-state index contributed by atoms with van der Waals surface area (Å²) < 4.78 is 23.6. The van der Waals surface area contributed by atoms with E-state index in [1.54, 1.807) is 6.07 Å². The zero-order valence-electron chi connectivity index (χ0n) is 11.0. The fourth-order valence-electron chi connectivity index (χ4n) is 1.78. The first-order valence-electron chi connectivity index (χ1n) is 5.84. The van der Waals surface area contributed by atoms with Gasteiger partial charge in [0.05, 0.1) is 23.8 Å². The fraction of sp³-hybridized carbons (Fsp3) is 0.200. The lowest BCUT2D eigenvalue weighted by molar-refractivity contribution is -0.703. The molecule has 0 bridgehead atoms. The number of aromatic nitrogens is 3. The van der Waals surface area contributed by atoms with Crippen molar-refractivity contribution in [2.45, 2.75) is 11.6 Å². The molecule has 10 nitrogen and oxygen atoms in total. The number of hydrogen-bond acceptors (Lipinski definition) is 5. The van der Waals surface area contributed by atoms with E-state index in [0.717, 1.165) is 4.57 Å². The SMILES string of the molecule is O=P([O-])(O)C(O)(C[n+]1cccc(-c2cnc[nH]2)c1)P(=O)(O)O. The van der Waals surface area contributed by atoms with Crippen LogP contribution in [-0.2, 0) is 15.7 Å².